The van der Waals surface area contributed by atoms with Crippen LogP contribution in [0.5, 0.6) is 0 Å². The second-order valence-electron chi connectivity index (χ2n) is 7.38. The Morgan fingerprint density at radius 2 is 1.30 bits per heavy atom. The summed E-state index contributed by atoms with van der Waals surface area (Å²) < 4.78 is 20.0. The quantitative estimate of drug-likeness (QED) is 0.0920. The van der Waals surface area contributed by atoms with Crippen molar-refractivity contribution < 1.29 is 92.3 Å². The van der Waals surface area contributed by atoms with Gasteiger partial charge in [0.2, 0.25) is 0 Å². The summed E-state index contributed by atoms with van der Waals surface area (Å²) in [5.74, 6) is -0.571. The Kier molecular flexibility index (Phi) is 28.0. The van der Waals surface area contributed by atoms with Crippen LogP contribution in [0, 0.1) is 0 Å². The minimum absolute atomic E-state index is 0. The molecule has 0 rings (SSSR count). The summed E-state index contributed by atoms with van der Waals surface area (Å²) in [5, 5.41) is 0. The van der Waals surface area contributed by atoms with E-state index in [9.17, 15) is 23.9 Å². The van der Waals surface area contributed by atoms with Gasteiger partial charge in [0.1, 0.15) is 11.9 Å². The Labute approximate surface area is 226 Å². The molecule has 0 heterocycles. The van der Waals surface area contributed by atoms with Crippen molar-refractivity contribution in [1.29, 1.82) is 0 Å². The number of esters is 1. The second kappa shape index (κ2) is 23.4. The van der Waals surface area contributed by atoms with Gasteiger partial charge in [-0.1, -0.05) is 71.1 Å². The van der Waals surface area contributed by atoms with Crippen LogP contribution in [0.4, 0.5) is 0 Å². The number of phosphoric ester groups is 1. The van der Waals surface area contributed by atoms with Crippen molar-refractivity contribution in [3.05, 3.63) is 0 Å². The summed E-state index contributed by atoms with van der Waals surface area (Å²) in [6.45, 7) is 3.06. The van der Waals surface area contributed by atoms with Crippen LogP contribution in [-0.4, -0.2) is 24.5 Å². The Morgan fingerprint density at radius 3 is 1.73 bits per heavy atom. The molecule has 0 radical (unpaired) electrons. The Balaban J connectivity index is -0.00000364. The van der Waals surface area contributed by atoms with Crippen LogP contribution in [0.15, 0.2) is 0 Å². The molecule has 7 nitrogen and oxygen atoms in total. The molecule has 10 heteroatoms. The summed E-state index contributed by atoms with van der Waals surface area (Å²) in [6, 6.07) is 0. The van der Waals surface area contributed by atoms with Crippen molar-refractivity contribution in [3.63, 3.8) is 0 Å². The first kappa shape index (κ1) is 35.8. The Hall–Kier alpha value is 1.25. The minimum Gasteiger partial charge on any atom is -0.790 e. The fourth-order valence-corrected chi connectivity index (χ4v) is 3.24. The molecular weight excluding hydrogens is 429 g/mol. The van der Waals surface area contributed by atoms with Crippen molar-refractivity contribution in [2.45, 2.75) is 110 Å². The van der Waals surface area contributed by atoms with Crippen LogP contribution in [-0.2, 0) is 23.4 Å². The summed E-state index contributed by atoms with van der Waals surface area (Å²) in [5.41, 5.74) is 0. The molecule has 0 unspecified atom stereocenters. The molecule has 0 fully saturated rings. The third-order valence-corrected chi connectivity index (χ3v) is 4.98. The number of hydrogen-bond acceptors (Lipinski definition) is 7. The largest absolute Gasteiger partial charge is 1.00 e. The Morgan fingerprint density at radius 1 is 0.833 bits per heavy atom. The number of carbonyl (C=O) groups excluding carboxylic acids is 2. The predicted octanol–water partition coefficient (Wildman–Crippen LogP) is -2.18. The average molecular weight is 466 g/mol. The molecule has 1 atom stereocenters. The number of ketones is 1. The molecule has 0 saturated heterocycles. The molecule has 0 aliphatic heterocycles. The number of rotatable bonds is 19. The van der Waals surface area contributed by atoms with E-state index in [0.717, 1.165) is 12.8 Å². The van der Waals surface area contributed by atoms with E-state index in [1.807, 2.05) is 0 Å². The van der Waals surface area contributed by atoms with Crippen LogP contribution in [0.25, 0.3) is 0 Å². The maximum absolute atomic E-state index is 11.9. The van der Waals surface area contributed by atoms with E-state index >= 15 is 0 Å². The van der Waals surface area contributed by atoms with Crippen molar-refractivity contribution in [1.82, 2.24) is 0 Å². The zero-order valence-electron chi connectivity index (χ0n) is 19.5. The SMILES string of the molecule is CCCCCCCCCCCCCC(=O)O[C@@H](CCC(C)=O)COP(=O)([O-])[O-].[Na+].[Na+]. The van der Waals surface area contributed by atoms with E-state index in [1.54, 1.807) is 0 Å². The van der Waals surface area contributed by atoms with E-state index in [4.69, 9.17) is 4.74 Å². The summed E-state index contributed by atoms with van der Waals surface area (Å²) in [6.07, 6.45) is 12.5. The van der Waals surface area contributed by atoms with Gasteiger partial charge in [-0.3, -0.25) is 4.79 Å². The van der Waals surface area contributed by atoms with Gasteiger partial charge in [0.05, 0.1) is 14.4 Å². The van der Waals surface area contributed by atoms with E-state index in [2.05, 4.69) is 11.4 Å². The standard InChI is InChI=1S/C20H39O7P.2Na/c1-3-4-5-6-7-8-9-10-11-12-13-14-20(22)27-19(16-15-18(2)21)17-26-28(23,24)25;;/h19H,3-17H2,1-2H3,(H2,23,24,25);;/q;2*+1/p-2/t19-;;/m0../s1. The maximum Gasteiger partial charge on any atom is 1.00 e. The number of unbranched alkanes of at least 4 members (excludes halogenated alkanes) is 10. The monoisotopic (exact) mass is 466 g/mol. The van der Waals surface area contributed by atoms with Gasteiger partial charge in [-0.2, -0.15) is 0 Å². The van der Waals surface area contributed by atoms with Gasteiger partial charge >= 0.3 is 65.1 Å². The summed E-state index contributed by atoms with van der Waals surface area (Å²) in [4.78, 5) is 44.1. The smallest absolute Gasteiger partial charge is 0.790 e. The van der Waals surface area contributed by atoms with Gasteiger partial charge in [-0.25, -0.2) is 0 Å². The maximum atomic E-state index is 11.9. The van der Waals surface area contributed by atoms with Gasteiger partial charge in [-0.15, -0.1) is 0 Å². The topological polar surface area (TPSA) is 116 Å². The zero-order chi connectivity index (χ0) is 21.3. The first-order chi connectivity index (χ1) is 13.2. The fourth-order valence-electron chi connectivity index (χ4n) is 2.89. The molecule has 0 bridgehead atoms. The minimum atomic E-state index is -5.13. The number of carbonyl (C=O) groups is 2. The van der Waals surface area contributed by atoms with E-state index in [0.29, 0.717) is 6.42 Å². The molecule has 0 aromatic rings. The van der Waals surface area contributed by atoms with Crippen molar-refractivity contribution in [2.75, 3.05) is 6.61 Å². The third kappa shape index (κ3) is 27.3. The first-order valence-corrected chi connectivity index (χ1v) is 12.1. The normalized spacial score (nSPS) is 11.9. The van der Waals surface area contributed by atoms with Crippen molar-refractivity contribution in [2.24, 2.45) is 0 Å². The van der Waals surface area contributed by atoms with Crippen LogP contribution in [0.2, 0.25) is 0 Å². The number of Topliss-reactive ketones (excluding diaryl/α,β-unsaturated/α-hetero) is 1. The molecule has 0 saturated carbocycles. The molecule has 0 N–H and O–H groups in total. The molecule has 0 aromatic carbocycles. The number of ether oxygens (including phenoxy) is 1. The average Bonchev–Trinajstić information content (AvgIpc) is 2.61. The summed E-state index contributed by atoms with van der Waals surface area (Å²) >= 11 is 0. The van der Waals surface area contributed by atoms with Gasteiger partial charge in [0.25, 0.3) is 0 Å². The zero-order valence-corrected chi connectivity index (χ0v) is 24.4. The third-order valence-electron chi connectivity index (χ3n) is 4.52. The van der Waals surface area contributed by atoms with Gasteiger partial charge < -0.3 is 28.4 Å². The van der Waals surface area contributed by atoms with E-state index < -0.39 is 26.5 Å². The van der Waals surface area contributed by atoms with Crippen LogP contribution in [0.1, 0.15) is 104 Å². The number of hydrogen-bond donors (Lipinski definition) is 0. The fraction of sp³-hybridized carbons (Fsp3) is 0.900. The van der Waals surface area contributed by atoms with Crippen molar-refractivity contribution >= 4 is 19.6 Å². The molecule has 0 amide bonds. The molecule has 0 aliphatic carbocycles. The molecule has 30 heavy (non-hydrogen) atoms. The second-order valence-corrected chi connectivity index (χ2v) is 8.53. The molecule has 166 valence electrons. The van der Waals surface area contributed by atoms with Crippen LogP contribution < -0.4 is 68.9 Å². The van der Waals surface area contributed by atoms with Crippen LogP contribution in [0.3, 0.4) is 0 Å². The number of phosphoric acid groups is 1. The molecule has 0 spiro atoms. The Bertz CT molecular complexity index is 472. The van der Waals surface area contributed by atoms with Gasteiger partial charge in [-0.05, 0) is 19.8 Å². The predicted molar refractivity (Wildman–Crippen MR) is 104 cm³/mol. The molecule has 0 aliphatic rings. The molecule has 0 aromatic heterocycles. The summed E-state index contributed by atoms with van der Waals surface area (Å²) in [7, 11) is -5.13. The molecular formula is C20H37Na2O7P. The van der Waals surface area contributed by atoms with Gasteiger partial charge in [0, 0.05) is 12.8 Å². The van der Waals surface area contributed by atoms with Gasteiger partial charge in [0.15, 0.2) is 0 Å². The first-order valence-electron chi connectivity index (χ1n) is 10.6. The van der Waals surface area contributed by atoms with E-state index in [-0.39, 0.29) is 84.2 Å². The van der Waals surface area contributed by atoms with E-state index in [1.165, 1.54) is 58.3 Å². The van der Waals surface area contributed by atoms with Crippen molar-refractivity contribution in [3.8, 4) is 0 Å². The van der Waals surface area contributed by atoms with Crippen LogP contribution >= 0.6 is 7.82 Å².